The van der Waals surface area contributed by atoms with Gasteiger partial charge in [-0.25, -0.2) is 9.97 Å². The largest absolute Gasteiger partial charge is 0.250 e. The number of aromatic nitrogens is 2. The Morgan fingerprint density at radius 1 is 0.500 bits per heavy atom. The van der Waals surface area contributed by atoms with Gasteiger partial charge >= 0.3 is 0 Å². The highest BCUT2D eigenvalue weighted by molar-refractivity contribution is 6.61. The molecule has 26 heavy (non-hydrogen) atoms. The summed E-state index contributed by atoms with van der Waals surface area (Å²) in [6.07, 6.45) is 0. The van der Waals surface area contributed by atoms with E-state index in [1.807, 2.05) is 60.7 Å². The van der Waals surface area contributed by atoms with E-state index in [9.17, 15) is 0 Å². The number of hydrogen-bond acceptors (Lipinski definition) is 2. The van der Waals surface area contributed by atoms with Crippen LogP contribution in [-0.2, 0) is 8.67 Å². The Morgan fingerprint density at radius 3 is 1.31 bits per heavy atom. The van der Waals surface area contributed by atoms with Gasteiger partial charge in [0.1, 0.15) is 0 Å². The van der Waals surface area contributed by atoms with E-state index >= 15 is 0 Å². The molecule has 2 aromatic carbocycles. The minimum absolute atomic E-state index is 0.361. The second-order valence-corrected chi connectivity index (χ2v) is 8.58. The summed E-state index contributed by atoms with van der Waals surface area (Å²) in [5, 5.41) is 1.94. The second-order valence-electron chi connectivity index (χ2n) is 5.93. The molecule has 0 spiro atoms. The van der Waals surface area contributed by atoms with Crippen LogP contribution in [0.1, 0.15) is 11.4 Å². The van der Waals surface area contributed by atoms with Gasteiger partial charge in [0.2, 0.25) is 0 Å². The molecule has 4 aromatic rings. The molecule has 2 aromatic heterocycles. The predicted octanol–water partition coefficient (Wildman–Crippen LogP) is 6.74. The molecule has 4 rings (SSSR count). The lowest BCUT2D eigenvalue weighted by Crippen LogP contribution is -2.33. The van der Waals surface area contributed by atoms with Gasteiger partial charge in [-0.2, -0.15) is 0 Å². The number of alkyl halides is 4. The third-order valence-electron chi connectivity index (χ3n) is 4.23. The first kappa shape index (κ1) is 17.8. The fourth-order valence-electron chi connectivity index (χ4n) is 2.80. The first-order valence-electron chi connectivity index (χ1n) is 7.88. The molecule has 2 nitrogen and oxygen atoms in total. The van der Waals surface area contributed by atoms with E-state index in [1.54, 1.807) is 12.1 Å². The van der Waals surface area contributed by atoms with Gasteiger partial charge in [0, 0.05) is 10.8 Å². The Labute approximate surface area is 170 Å². The molecule has 0 aliphatic heterocycles. The molecule has 0 amide bonds. The lowest BCUT2D eigenvalue weighted by Gasteiger charge is -2.32. The normalized spacial score (nSPS) is 12.6. The van der Waals surface area contributed by atoms with Gasteiger partial charge in [-0.3, -0.25) is 0 Å². The average Bonchev–Trinajstić information content (AvgIpc) is 2.67. The smallest absolute Gasteiger partial charge is 0.198 e. The predicted molar refractivity (Wildman–Crippen MR) is 110 cm³/mol. The van der Waals surface area contributed by atoms with E-state index in [4.69, 9.17) is 46.4 Å². The van der Waals surface area contributed by atoms with Gasteiger partial charge in [0.15, 0.2) is 8.67 Å². The van der Waals surface area contributed by atoms with Crippen molar-refractivity contribution < 1.29 is 0 Å². The molecule has 0 radical (unpaired) electrons. The molecule has 0 unspecified atom stereocenters. The van der Waals surface area contributed by atoms with Gasteiger partial charge in [0.05, 0.1) is 22.4 Å². The van der Waals surface area contributed by atoms with E-state index in [2.05, 4.69) is 9.97 Å². The average molecular weight is 422 g/mol. The van der Waals surface area contributed by atoms with E-state index in [-0.39, 0.29) is 0 Å². The van der Waals surface area contributed by atoms with E-state index in [0.29, 0.717) is 11.4 Å². The number of benzene rings is 2. The highest BCUT2D eigenvalue weighted by Crippen LogP contribution is 2.55. The van der Waals surface area contributed by atoms with Crippen molar-refractivity contribution in [3.63, 3.8) is 0 Å². The molecule has 0 atom stereocenters. The summed E-state index contributed by atoms with van der Waals surface area (Å²) in [5.41, 5.74) is 2.23. The Morgan fingerprint density at radius 2 is 0.885 bits per heavy atom. The molecule has 0 saturated heterocycles. The van der Waals surface area contributed by atoms with E-state index in [0.717, 1.165) is 21.8 Å². The number of pyridine rings is 2. The van der Waals surface area contributed by atoms with Crippen molar-refractivity contribution in [2.45, 2.75) is 8.67 Å². The van der Waals surface area contributed by atoms with E-state index in [1.165, 1.54) is 0 Å². The van der Waals surface area contributed by atoms with Crippen LogP contribution < -0.4 is 0 Å². The standard InChI is InChI=1S/C20H12Cl4N2/c21-19(22,17-11-9-13-5-1-3-7-15(13)25-17)20(23,24)18-12-10-14-6-2-4-8-16(14)26-18/h1-12H. The first-order valence-corrected chi connectivity index (χ1v) is 9.39. The molecule has 2 heterocycles. The summed E-state index contributed by atoms with van der Waals surface area (Å²) in [7, 11) is 0. The Hall–Kier alpha value is -1.58. The van der Waals surface area contributed by atoms with Crippen molar-refractivity contribution in [1.29, 1.82) is 0 Å². The highest BCUT2D eigenvalue weighted by atomic mass is 35.5. The number of hydrogen-bond donors (Lipinski definition) is 0. The maximum atomic E-state index is 6.64. The van der Waals surface area contributed by atoms with Crippen LogP contribution >= 0.6 is 46.4 Å². The third kappa shape index (κ3) is 2.91. The van der Waals surface area contributed by atoms with Crippen molar-refractivity contribution in [3.8, 4) is 0 Å². The summed E-state index contributed by atoms with van der Waals surface area (Å²) >= 11 is 26.6. The molecular formula is C20H12Cl4N2. The zero-order valence-electron chi connectivity index (χ0n) is 13.3. The SMILES string of the molecule is ClC(Cl)(c1ccc2ccccc2n1)C(Cl)(Cl)c1ccc2ccccc2n1. The monoisotopic (exact) mass is 420 g/mol. The van der Waals surface area contributed by atoms with Gasteiger partial charge in [0.25, 0.3) is 0 Å². The number of halogens is 4. The summed E-state index contributed by atoms with van der Waals surface area (Å²) in [6, 6.07) is 22.5. The number of nitrogens with zero attached hydrogens (tertiary/aromatic N) is 2. The van der Waals surface area contributed by atoms with Crippen LogP contribution in [0.15, 0.2) is 72.8 Å². The summed E-state index contributed by atoms with van der Waals surface area (Å²) in [4.78, 5) is 9.08. The van der Waals surface area contributed by atoms with Gasteiger partial charge in [-0.15, -0.1) is 0 Å². The highest BCUT2D eigenvalue weighted by Gasteiger charge is 2.52. The molecule has 0 N–H and O–H groups in total. The Kier molecular flexibility index (Phi) is 4.48. The van der Waals surface area contributed by atoms with Crippen molar-refractivity contribution in [2.75, 3.05) is 0 Å². The summed E-state index contributed by atoms with van der Waals surface area (Å²) in [6.45, 7) is 0. The maximum absolute atomic E-state index is 6.64. The molecule has 0 saturated carbocycles. The van der Waals surface area contributed by atoms with Crippen LogP contribution in [0.25, 0.3) is 21.8 Å². The third-order valence-corrected chi connectivity index (χ3v) is 6.53. The zero-order valence-corrected chi connectivity index (χ0v) is 16.4. The lowest BCUT2D eigenvalue weighted by atomic mass is 10.1. The number of para-hydroxylation sites is 2. The van der Waals surface area contributed by atoms with Crippen LogP contribution in [-0.4, -0.2) is 9.97 Å². The Balaban J connectivity index is 1.82. The molecule has 0 bridgehead atoms. The minimum atomic E-state index is -1.70. The summed E-state index contributed by atoms with van der Waals surface area (Å²) < 4.78 is -3.40. The van der Waals surface area contributed by atoms with Crippen LogP contribution in [0.2, 0.25) is 0 Å². The fourth-order valence-corrected chi connectivity index (χ4v) is 3.61. The van der Waals surface area contributed by atoms with E-state index < -0.39 is 8.67 Å². The van der Waals surface area contributed by atoms with Crippen LogP contribution in [0, 0.1) is 0 Å². The number of fused-ring (bicyclic) bond motifs is 2. The zero-order chi connectivity index (χ0) is 18.4. The van der Waals surface area contributed by atoms with Crippen molar-refractivity contribution in [3.05, 3.63) is 84.2 Å². The molecule has 130 valence electrons. The lowest BCUT2D eigenvalue weighted by molar-refractivity contribution is 0.694. The van der Waals surface area contributed by atoms with Crippen LogP contribution in [0.4, 0.5) is 0 Å². The quantitative estimate of drug-likeness (QED) is 0.342. The molecule has 0 aliphatic carbocycles. The van der Waals surface area contributed by atoms with Crippen molar-refractivity contribution in [2.24, 2.45) is 0 Å². The van der Waals surface area contributed by atoms with Crippen LogP contribution in [0.5, 0.6) is 0 Å². The topological polar surface area (TPSA) is 25.8 Å². The molecular weight excluding hydrogens is 410 g/mol. The van der Waals surface area contributed by atoms with Crippen molar-refractivity contribution in [1.82, 2.24) is 9.97 Å². The fraction of sp³-hybridized carbons (Fsp3) is 0.100. The molecule has 0 fully saturated rings. The molecule has 0 aliphatic rings. The van der Waals surface area contributed by atoms with Crippen molar-refractivity contribution >= 4 is 68.2 Å². The number of rotatable bonds is 3. The molecule has 6 heteroatoms. The van der Waals surface area contributed by atoms with Gasteiger partial charge in [-0.1, -0.05) is 94.9 Å². The second kappa shape index (κ2) is 6.54. The Bertz CT molecular complexity index is 1020. The van der Waals surface area contributed by atoms with Gasteiger partial charge in [-0.05, 0) is 24.3 Å². The first-order chi connectivity index (χ1) is 12.4. The minimum Gasteiger partial charge on any atom is -0.250 e. The summed E-state index contributed by atoms with van der Waals surface area (Å²) in [5.74, 6) is 0. The van der Waals surface area contributed by atoms with Gasteiger partial charge < -0.3 is 0 Å². The van der Waals surface area contributed by atoms with Crippen LogP contribution in [0.3, 0.4) is 0 Å². The maximum Gasteiger partial charge on any atom is 0.198 e.